The lowest BCUT2D eigenvalue weighted by Crippen LogP contribution is -1.93. The molecule has 6 heteroatoms. The second kappa shape index (κ2) is 4.50. The molecule has 0 aliphatic carbocycles. The smallest absolute Gasteiger partial charge is 0.145 e. The van der Waals surface area contributed by atoms with Gasteiger partial charge in [-0.2, -0.15) is 0 Å². The Bertz CT molecular complexity index is 855. The number of fused-ring (bicyclic) bond motifs is 1. The van der Waals surface area contributed by atoms with Crippen LogP contribution in [0.2, 0.25) is 0 Å². The molecule has 5 nitrogen and oxygen atoms in total. The van der Waals surface area contributed by atoms with Gasteiger partial charge in [-0.3, -0.25) is 4.98 Å². The Balaban J connectivity index is 1.99. The van der Waals surface area contributed by atoms with Crippen LogP contribution in [-0.2, 0) is 0 Å². The van der Waals surface area contributed by atoms with Gasteiger partial charge in [0.15, 0.2) is 0 Å². The third kappa shape index (κ3) is 1.70. The lowest BCUT2D eigenvalue weighted by Gasteiger charge is -2.02. The van der Waals surface area contributed by atoms with Crippen molar-refractivity contribution in [3.63, 3.8) is 0 Å². The monoisotopic (exact) mass is 280 g/mol. The van der Waals surface area contributed by atoms with Crippen LogP contribution in [0.3, 0.4) is 0 Å². The zero-order chi connectivity index (χ0) is 13.4. The zero-order valence-corrected chi connectivity index (χ0v) is 11.0. The summed E-state index contributed by atoms with van der Waals surface area (Å²) in [4.78, 5) is 5.13. The summed E-state index contributed by atoms with van der Waals surface area (Å²) >= 11 is 1.60. The minimum atomic E-state index is 0.723. The highest BCUT2D eigenvalue weighted by Gasteiger charge is 2.16. The van der Waals surface area contributed by atoms with Crippen LogP contribution in [0.15, 0.2) is 52.8 Å². The fourth-order valence-electron chi connectivity index (χ4n) is 2.07. The molecule has 20 heavy (non-hydrogen) atoms. The number of pyridine rings is 1. The molecule has 0 bridgehead atoms. The van der Waals surface area contributed by atoms with E-state index in [9.17, 15) is 0 Å². The van der Waals surface area contributed by atoms with Crippen LogP contribution in [-0.4, -0.2) is 20.3 Å². The Kier molecular flexibility index (Phi) is 2.53. The Labute approximate surface area is 117 Å². The summed E-state index contributed by atoms with van der Waals surface area (Å²) in [7, 11) is 0. The van der Waals surface area contributed by atoms with Crippen molar-refractivity contribution < 1.29 is 4.52 Å². The van der Waals surface area contributed by atoms with Crippen molar-refractivity contribution in [2.75, 3.05) is 0 Å². The summed E-state index contributed by atoms with van der Waals surface area (Å²) in [6.07, 6.45) is 5.08. The van der Waals surface area contributed by atoms with Crippen molar-refractivity contribution in [2.24, 2.45) is 0 Å². The summed E-state index contributed by atoms with van der Waals surface area (Å²) in [5.41, 5.74) is 3.10. The molecular formula is C14H8N4OS. The van der Waals surface area contributed by atoms with Gasteiger partial charge in [0.2, 0.25) is 0 Å². The minimum Gasteiger partial charge on any atom is -0.363 e. The maximum atomic E-state index is 5.12. The van der Waals surface area contributed by atoms with Crippen LogP contribution in [0.1, 0.15) is 0 Å². The number of rotatable bonds is 2. The van der Waals surface area contributed by atoms with Gasteiger partial charge in [-0.15, -0.1) is 21.5 Å². The number of thiophene rings is 1. The Morgan fingerprint density at radius 3 is 2.80 bits per heavy atom. The van der Waals surface area contributed by atoms with Crippen LogP contribution in [0.25, 0.3) is 32.7 Å². The highest BCUT2D eigenvalue weighted by Crippen LogP contribution is 2.32. The van der Waals surface area contributed by atoms with E-state index in [4.69, 9.17) is 4.52 Å². The predicted octanol–water partition coefficient (Wildman–Crippen LogP) is 3.41. The largest absolute Gasteiger partial charge is 0.363 e. The molecule has 0 spiro atoms. The zero-order valence-electron chi connectivity index (χ0n) is 10.2. The van der Waals surface area contributed by atoms with E-state index in [1.807, 2.05) is 29.6 Å². The lowest BCUT2D eigenvalue weighted by molar-refractivity contribution is 0.428. The highest BCUT2D eigenvalue weighted by molar-refractivity contribution is 7.13. The maximum Gasteiger partial charge on any atom is 0.145 e. The summed E-state index contributed by atoms with van der Waals surface area (Å²) in [6.45, 7) is 0. The first kappa shape index (κ1) is 11.2. The number of nitrogens with zero attached hydrogens (tertiary/aromatic N) is 4. The van der Waals surface area contributed by atoms with E-state index in [-0.39, 0.29) is 0 Å². The first-order chi connectivity index (χ1) is 9.93. The van der Waals surface area contributed by atoms with Crippen molar-refractivity contribution in [1.82, 2.24) is 20.3 Å². The van der Waals surface area contributed by atoms with E-state index in [0.29, 0.717) is 0 Å². The summed E-state index contributed by atoms with van der Waals surface area (Å²) < 4.78 is 5.12. The summed E-state index contributed by atoms with van der Waals surface area (Å²) in [5, 5.41) is 15.5. The molecule has 0 saturated heterocycles. The molecule has 0 fully saturated rings. The van der Waals surface area contributed by atoms with E-state index in [1.165, 1.54) is 0 Å². The second-order valence-electron chi connectivity index (χ2n) is 4.19. The van der Waals surface area contributed by atoms with Gasteiger partial charge >= 0.3 is 0 Å². The van der Waals surface area contributed by atoms with Crippen molar-refractivity contribution in [2.45, 2.75) is 0 Å². The van der Waals surface area contributed by atoms with Gasteiger partial charge in [-0.05, 0) is 23.6 Å². The van der Waals surface area contributed by atoms with Gasteiger partial charge in [0, 0.05) is 18.0 Å². The number of hydrogen-bond acceptors (Lipinski definition) is 6. The Morgan fingerprint density at radius 1 is 1.05 bits per heavy atom. The number of hydrogen-bond donors (Lipinski definition) is 0. The first-order valence-electron chi connectivity index (χ1n) is 5.98. The lowest BCUT2D eigenvalue weighted by atomic mass is 10.1. The maximum absolute atomic E-state index is 5.12. The third-order valence-electron chi connectivity index (χ3n) is 2.99. The van der Waals surface area contributed by atoms with Crippen LogP contribution >= 0.6 is 11.3 Å². The normalized spacial score (nSPS) is 11.0. The quantitative estimate of drug-likeness (QED) is 0.563. The van der Waals surface area contributed by atoms with Crippen LogP contribution in [0.4, 0.5) is 0 Å². The van der Waals surface area contributed by atoms with Crippen LogP contribution < -0.4 is 0 Å². The van der Waals surface area contributed by atoms with Crippen LogP contribution in [0.5, 0.6) is 0 Å². The van der Waals surface area contributed by atoms with Crippen molar-refractivity contribution in [1.29, 1.82) is 0 Å². The molecule has 4 aromatic rings. The highest BCUT2D eigenvalue weighted by atomic mass is 32.1. The predicted molar refractivity (Wildman–Crippen MR) is 76.1 cm³/mol. The molecule has 4 rings (SSSR count). The molecule has 4 aromatic heterocycles. The van der Waals surface area contributed by atoms with Crippen molar-refractivity contribution >= 4 is 22.2 Å². The van der Waals surface area contributed by atoms with Gasteiger partial charge in [0.05, 0.1) is 10.3 Å². The molecule has 0 aliphatic heterocycles. The molecule has 0 amide bonds. The minimum absolute atomic E-state index is 0.723. The number of aromatic nitrogens is 4. The standard InChI is InChI=1S/C14H8N4OS/c1-3-9(7-15-5-1)12-10-8-19-18-13(10)14(17-16-12)11-4-2-6-20-11/h1-8H. The molecule has 0 saturated carbocycles. The van der Waals surface area contributed by atoms with Crippen LogP contribution in [0, 0.1) is 0 Å². The average molecular weight is 280 g/mol. The summed E-state index contributed by atoms with van der Waals surface area (Å²) in [6, 6.07) is 7.77. The van der Waals surface area contributed by atoms with Crippen molar-refractivity contribution in [3.05, 3.63) is 48.3 Å². The molecule has 4 heterocycles. The van der Waals surface area contributed by atoms with E-state index < -0.39 is 0 Å². The molecule has 0 aromatic carbocycles. The molecule has 0 unspecified atom stereocenters. The van der Waals surface area contributed by atoms with Gasteiger partial charge in [0.25, 0.3) is 0 Å². The molecule has 0 N–H and O–H groups in total. The fourth-order valence-corrected chi connectivity index (χ4v) is 2.78. The molecule has 0 radical (unpaired) electrons. The summed E-state index contributed by atoms with van der Waals surface area (Å²) in [5.74, 6) is 0. The fraction of sp³-hybridized carbons (Fsp3) is 0. The second-order valence-corrected chi connectivity index (χ2v) is 5.14. The van der Waals surface area contributed by atoms with Crippen molar-refractivity contribution in [3.8, 4) is 21.8 Å². The van der Waals surface area contributed by atoms with Gasteiger partial charge in [-0.1, -0.05) is 11.2 Å². The van der Waals surface area contributed by atoms with Gasteiger partial charge in [-0.25, -0.2) is 0 Å². The molecule has 96 valence electrons. The first-order valence-corrected chi connectivity index (χ1v) is 6.86. The molecular weight excluding hydrogens is 272 g/mol. The van der Waals surface area contributed by atoms with Gasteiger partial charge in [0.1, 0.15) is 23.2 Å². The van der Waals surface area contributed by atoms with E-state index in [1.54, 1.807) is 30.0 Å². The Morgan fingerprint density at radius 2 is 2.00 bits per heavy atom. The molecule has 0 atom stereocenters. The third-order valence-corrected chi connectivity index (χ3v) is 3.87. The molecule has 0 aliphatic rings. The van der Waals surface area contributed by atoms with E-state index in [0.717, 1.165) is 32.7 Å². The average Bonchev–Trinajstić information content (AvgIpc) is 3.18. The van der Waals surface area contributed by atoms with Gasteiger partial charge < -0.3 is 4.52 Å². The Hall–Kier alpha value is -2.60. The topological polar surface area (TPSA) is 64.7 Å². The van der Waals surface area contributed by atoms with E-state index >= 15 is 0 Å². The SMILES string of the molecule is c1cncc(-c2nnc(-c3cccs3)c3nocc23)c1. The van der Waals surface area contributed by atoms with E-state index in [2.05, 4.69) is 20.3 Å².